The molecular formula is C30H30F6O4S. The molecule has 3 aromatic rings. The van der Waals surface area contributed by atoms with Crippen molar-refractivity contribution >= 4 is 27.4 Å². The van der Waals surface area contributed by atoms with E-state index in [4.69, 9.17) is 9.47 Å². The molecule has 0 radical (unpaired) electrons. The number of unbranched alkanes of at least 4 members (excludes halogenated alkanes) is 2. The number of esters is 1. The molecule has 1 heterocycles. The monoisotopic (exact) mass is 600 g/mol. The summed E-state index contributed by atoms with van der Waals surface area (Å²) >= 11 is 1.18. The van der Waals surface area contributed by atoms with Crippen LogP contribution in [0.5, 0.6) is 11.5 Å². The third kappa shape index (κ3) is 7.75. The molecule has 1 fully saturated rings. The standard InChI is InChI=1S/C30H30F6O4S/c1-4-5-6-7-18-8-11-21(24(14-18)40-30(34,35)36)26-15-19-9-10-20(16-25(19)41-26)38-22-12-13-23(27(22)29(31,32)33)39-28(37)17(2)3/h8-11,14-16,22-23,27H,2,4-7,12-13H2,1,3H3. The lowest BCUT2D eigenvalue weighted by atomic mass is 10.0. The van der Waals surface area contributed by atoms with Crippen LogP contribution in [0.15, 0.2) is 54.6 Å². The molecule has 1 aromatic heterocycles. The summed E-state index contributed by atoms with van der Waals surface area (Å²) in [7, 11) is 0. The Hall–Kier alpha value is -3.21. The molecule has 222 valence electrons. The zero-order valence-corrected chi connectivity index (χ0v) is 23.3. The molecule has 0 N–H and O–H groups in total. The predicted octanol–water partition coefficient (Wildman–Crippen LogP) is 9.41. The second-order valence-electron chi connectivity index (χ2n) is 10.2. The van der Waals surface area contributed by atoms with Crippen molar-refractivity contribution in [1.29, 1.82) is 0 Å². The van der Waals surface area contributed by atoms with E-state index in [9.17, 15) is 31.1 Å². The van der Waals surface area contributed by atoms with E-state index in [1.165, 1.54) is 30.4 Å². The van der Waals surface area contributed by atoms with Crippen LogP contribution in [0.3, 0.4) is 0 Å². The number of carbonyl (C=O) groups excluding carboxylic acids is 1. The van der Waals surface area contributed by atoms with Crippen LogP contribution >= 0.6 is 11.3 Å². The summed E-state index contributed by atoms with van der Waals surface area (Å²) in [5.74, 6) is -3.03. The second kappa shape index (κ2) is 12.3. The molecule has 2 aromatic carbocycles. The molecule has 0 bridgehead atoms. The number of hydrogen-bond acceptors (Lipinski definition) is 5. The first kappa shape index (κ1) is 30.7. The molecule has 1 aliphatic carbocycles. The van der Waals surface area contributed by atoms with Gasteiger partial charge in [0, 0.05) is 20.7 Å². The van der Waals surface area contributed by atoms with Gasteiger partial charge in [0.1, 0.15) is 29.6 Å². The van der Waals surface area contributed by atoms with Crippen LogP contribution in [-0.2, 0) is 16.0 Å². The Morgan fingerprint density at radius 2 is 1.73 bits per heavy atom. The first-order valence-corrected chi connectivity index (χ1v) is 14.1. The summed E-state index contributed by atoms with van der Waals surface area (Å²) in [5, 5.41) is 0.689. The number of thiophene rings is 1. The second-order valence-corrected chi connectivity index (χ2v) is 11.3. The van der Waals surface area contributed by atoms with Crippen molar-refractivity contribution in [2.75, 3.05) is 0 Å². The van der Waals surface area contributed by atoms with Crippen LogP contribution in [0, 0.1) is 5.92 Å². The van der Waals surface area contributed by atoms with Crippen molar-refractivity contribution in [3.8, 4) is 21.9 Å². The fourth-order valence-corrected chi connectivity index (χ4v) is 6.08. The molecule has 0 aliphatic heterocycles. The summed E-state index contributed by atoms with van der Waals surface area (Å²) in [5.41, 5.74) is 1.01. The van der Waals surface area contributed by atoms with Crippen LogP contribution in [0.1, 0.15) is 51.5 Å². The number of ether oxygens (including phenoxy) is 3. The zero-order valence-electron chi connectivity index (χ0n) is 22.5. The molecule has 4 rings (SSSR count). The van der Waals surface area contributed by atoms with Crippen molar-refractivity contribution in [2.45, 2.75) is 77.1 Å². The molecule has 1 aliphatic rings. The largest absolute Gasteiger partial charge is 0.573 e. The van der Waals surface area contributed by atoms with Crippen molar-refractivity contribution in [3.63, 3.8) is 0 Å². The van der Waals surface area contributed by atoms with Gasteiger partial charge in [-0.25, -0.2) is 4.79 Å². The van der Waals surface area contributed by atoms with Gasteiger partial charge in [0.15, 0.2) is 0 Å². The summed E-state index contributed by atoms with van der Waals surface area (Å²) in [4.78, 5) is 12.4. The molecule has 0 spiro atoms. The Labute approximate surface area is 237 Å². The average Bonchev–Trinajstić information content (AvgIpc) is 3.47. The Kier molecular flexibility index (Phi) is 9.25. The first-order chi connectivity index (χ1) is 19.2. The number of alkyl halides is 6. The summed E-state index contributed by atoms with van der Waals surface area (Å²) in [6.07, 6.45) is -8.78. The zero-order chi connectivity index (χ0) is 29.9. The normalized spacial score (nSPS) is 19.4. The lowest BCUT2D eigenvalue weighted by Crippen LogP contribution is -2.41. The Balaban J connectivity index is 1.59. The lowest BCUT2D eigenvalue weighted by Gasteiger charge is -2.27. The Bertz CT molecular complexity index is 1390. The number of hydrogen-bond donors (Lipinski definition) is 0. The highest BCUT2D eigenvalue weighted by molar-refractivity contribution is 7.22. The number of carbonyl (C=O) groups is 1. The van der Waals surface area contributed by atoms with E-state index in [1.54, 1.807) is 30.3 Å². The summed E-state index contributed by atoms with van der Waals surface area (Å²) in [6, 6.07) is 11.2. The molecule has 1 saturated carbocycles. The fourth-order valence-electron chi connectivity index (χ4n) is 4.96. The molecule has 3 unspecified atom stereocenters. The molecule has 11 heteroatoms. The maximum Gasteiger partial charge on any atom is 0.573 e. The number of aryl methyl sites for hydroxylation is 1. The molecule has 0 amide bonds. The average molecular weight is 601 g/mol. The van der Waals surface area contributed by atoms with Crippen LogP contribution in [0.25, 0.3) is 20.5 Å². The number of benzene rings is 2. The van der Waals surface area contributed by atoms with E-state index in [1.807, 2.05) is 6.92 Å². The lowest BCUT2D eigenvalue weighted by molar-refractivity contribution is -0.274. The van der Waals surface area contributed by atoms with Gasteiger partial charge in [0.05, 0.1) is 0 Å². The number of fused-ring (bicyclic) bond motifs is 1. The third-order valence-corrected chi connectivity index (χ3v) is 8.04. The predicted molar refractivity (Wildman–Crippen MR) is 145 cm³/mol. The van der Waals surface area contributed by atoms with Crippen molar-refractivity contribution in [3.05, 3.63) is 60.2 Å². The van der Waals surface area contributed by atoms with Crippen LogP contribution in [0.4, 0.5) is 26.3 Å². The minimum absolute atomic E-state index is 0.00386. The molecule has 3 atom stereocenters. The van der Waals surface area contributed by atoms with E-state index >= 15 is 0 Å². The van der Waals surface area contributed by atoms with Gasteiger partial charge in [0.2, 0.25) is 0 Å². The van der Waals surface area contributed by atoms with Gasteiger partial charge in [-0.05, 0) is 80.0 Å². The molecule has 41 heavy (non-hydrogen) atoms. The summed E-state index contributed by atoms with van der Waals surface area (Å²) in [6.45, 7) is 6.82. The van der Waals surface area contributed by atoms with Gasteiger partial charge in [0.25, 0.3) is 0 Å². The molecule has 0 saturated heterocycles. The van der Waals surface area contributed by atoms with E-state index < -0.39 is 36.6 Å². The van der Waals surface area contributed by atoms with E-state index in [-0.39, 0.29) is 35.5 Å². The van der Waals surface area contributed by atoms with Gasteiger partial charge >= 0.3 is 18.5 Å². The minimum Gasteiger partial charge on any atom is -0.490 e. The molecule has 4 nitrogen and oxygen atoms in total. The van der Waals surface area contributed by atoms with E-state index in [2.05, 4.69) is 11.3 Å². The first-order valence-electron chi connectivity index (χ1n) is 13.3. The van der Waals surface area contributed by atoms with Crippen molar-refractivity contribution in [2.24, 2.45) is 5.92 Å². The smallest absolute Gasteiger partial charge is 0.490 e. The number of rotatable bonds is 10. The van der Waals surface area contributed by atoms with Gasteiger partial charge in [-0.1, -0.05) is 32.4 Å². The Morgan fingerprint density at radius 3 is 2.39 bits per heavy atom. The summed E-state index contributed by atoms with van der Waals surface area (Å²) < 4.78 is 97.3. The highest BCUT2D eigenvalue weighted by atomic mass is 32.1. The van der Waals surface area contributed by atoms with Crippen LogP contribution in [-0.4, -0.2) is 30.7 Å². The molecular weight excluding hydrogens is 570 g/mol. The maximum atomic E-state index is 13.9. The highest BCUT2D eigenvalue weighted by Crippen LogP contribution is 2.45. The van der Waals surface area contributed by atoms with Crippen LogP contribution < -0.4 is 9.47 Å². The maximum absolute atomic E-state index is 13.9. The fraction of sp³-hybridized carbons (Fsp3) is 0.433. The van der Waals surface area contributed by atoms with Crippen molar-refractivity contribution in [1.82, 2.24) is 0 Å². The van der Waals surface area contributed by atoms with Crippen LogP contribution in [0.2, 0.25) is 0 Å². The highest BCUT2D eigenvalue weighted by Gasteiger charge is 2.55. The van der Waals surface area contributed by atoms with E-state index in [0.717, 1.165) is 24.8 Å². The van der Waals surface area contributed by atoms with Crippen molar-refractivity contribution < 1.29 is 45.3 Å². The van der Waals surface area contributed by atoms with Gasteiger partial charge < -0.3 is 14.2 Å². The van der Waals surface area contributed by atoms with Gasteiger partial charge in [-0.2, -0.15) is 13.2 Å². The number of halogens is 6. The minimum atomic E-state index is -4.87. The quantitative estimate of drug-likeness (QED) is 0.101. The Morgan fingerprint density at radius 1 is 1.00 bits per heavy atom. The van der Waals surface area contributed by atoms with E-state index in [0.29, 0.717) is 21.4 Å². The van der Waals surface area contributed by atoms with Gasteiger partial charge in [-0.3, -0.25) is 0 Å². The topological polar surface area (TPSA) is 44.8 Å². The third-order valence-electron chi connectivity index (χ3n) is 6.91. The van der Waals surface area contributed by atoms with Gasteiger partial charge in [-0.15, -0.1) is 24.5 Å². The SMILES string of the molecule is C=C(C)C(=O)OC1CCC(Oc2ccc3cc(-c4ccc(CCCCC)cc4OC(F)(F)F)sc3c2)C1C(F)(F)F.